The van der Waals surface area contributed by atoms with Gasteiger partial charge in [-0.25, -0.2) is 9.18 Å². The number of hydrogen-bond acceptors (Lipinski definition) is 5. The molecule has 7 nitrogen and oxygen atoms in total. The molecule has 0 spiro atoms. The fourth-order valence-electron chi connectivity index (χ4n) is 2.74. The van der Waals surface area contributed by atoms with Crippen molar-refractivity contribution in [2.24, 2.45) is 0 Å². The third-order valence-electron chi connectivity index (χ3n) is 4.08. The number of nitrogens with zero attached hydrogens (tertiary/aromatic N) is 4. The lowest BCUT2D eigenvalue weighted by Gasteiger charge is -2.20. The zero-order valence-electron chi connectivity index (χ0n) is 14.3. The van der Waals surface area contributed by atoms with Gasteiger partial charge in [-0.2, -0.15) is 4.98 Å². The van der Waals surface area contributed by atoms with Gasteiger partial charge in [-0.3, -0.25) is 0 Å². The van der Waals surface area contributed by atoms with E-state index in [1.54, 1.807) is 36.0 Å². The molecule has 25 heavy (non-hydrogen) atoms. The summed E-state index contributed by atoms with van der Waals surface area (Å²) in [5.41, 5.74) is 0. The molecule has 1 atom stereocenters. The highest BCUT2D eigenvalue weighted by atomic mass is 19.1. The smallest absolute Gasteiger partial charge is 0.319 e. The fraction of sp³-hybridized carbons (Fsp3) is 0.471. The van der Waals surface area contributed by atoms with E-state index < -0.39 is 0 Å². The van der Waals surface area contributed by atoms with Gasteiger partial charge in [0, 0.05) is 33.6 Å². The Hall–Kier alpha value is -2.64. The normalized spacial score (nSPS) is 16.9. The van der Waals surface area contributed by atoms with Crippen LogP contribution in [0.5, 0.6) is 5.75 Å². The predicted molar refractivity (Wildman–Crippen MR) is 87.9 cm³/mol. The van der Waals surface area contributed by atoms with Gasteiger partial charge in [0.1, 0.15) is 11.6 Å². The van der Waals surface area contributed by atoms with E-state index in [4.69, 9.17) is 9.26 Å². The highest BCUT2D eigenvalue weighted by Gasteiger charge is 2.31. The van der Waals surface area contributed by atoms with E-state index in [-0.39, 0.29) is 17.8 Å². The van der Waals surface area contributed by atoms with Crippen LogP contribution in [0.3, 0.4) is 0 Å². The van der Waals surface area contributed by atoms with E-state index in [0.29, 0.717) is 43.6 Å². The van der Waals surface area contributed by atoms with Crippen LogP contribution in [0.15, 0.2) is 28.8 Å². The molecule has 1 unspecified atom stereocenters. The van der Waals surface area contributed by atoms with Crippen molar-refractivity contribution in [3.05, 3.63) is 41.8 Å². The molecule has 1 aliphatic rings. The molecule has 1 aromatic carbocycles. The minimum absolute atomic E-state index is 0.00469. The Morgan fingerprint density at radius 1 is 1.40 bits per heavy atom. The third kappa shape index (κ3) is 4.26. The van der Waals surface area contributed by atoms with Crippen LogP contribution in [0.1, 0.15) is 24.1 Å². The minimum Gasteiger partial charge on any atom is -0.493 e. The lowest BCUT2D eigenvalue weighted by molar-refractivity contribution is 0.180. The number of carbonyl (C=O) groups excluding carboxylic acids is 1. The molecule has 0 N–H and O–H groups in total. The van der Waals surface area contributed by atoms with Crippen molar-refractivity contribution in [3.8, 4) is 5.75 Å². The summed E-state index contributed by atoms with van der Waals surface area (Å²) in [6, 6.07) is 5.85. The van der Waals surface area contributed by atoms with Gasteiger partial charge in [-0.1, -0.05) is 5.16 Å². The predicted octanol–water partition coefficient (Wildman–Crippen LogP) is 2.30. The highest BCUT2D eigenvalue weighted by Crippen LogP contribution is 2.26. The monoisotopic (exact) mass is 348 g/mol. The summed E-state index contributed by atoms with van der Waals surface area (Å²) in [7, 11) is 3.48. The fourth-order valence-corrected chi connectivity index (χ4v) is 2.74. The molecule has 0 aliphatic carbocycles. The van der Waals surface area contributed by atoms with Gasteiger partial charge in [0.25, 0.3) is 0 Å². The molecule has 1 aliphatic heterocycles. The second-order valence-corrected chi connectivity index (χ2v) is 6.21. The Morgan fingerprint density at radius 3 is 2.88 bits per heavy atom. The second-order valence-electron chi connectivity index (χ2n) is 6.21. The van der Waals surface area contributed by atoms with Crippen molar-refractivity contribution in [2.75, 3.05) is 33.8 Å². The van der Waals surface area contributed by atoms with E-state index in [9.17, 15) is 9.18 Å². The highest BCUT2D eigenvalue weighted by molar-refractivity contribution is 5.74. The first kappa shape index (κ1) is 17.2. The van der Waals surface area contributed by atoms with Crippen molar-refractivity contribution in [2.45, 2.75) is 18.8 Å². The van der Waals surface area contributed by atoms with Crippen LogP contribution in [-0.4, -0.2) is 59.8 Å². The molecule has 0 radical (unpaired) electrons. The van der Waals surface area contributed by atoms with Crippen LogP contribution in [0.4, 0.5) is 9.18 Å². The molecular formula is C17H21FN4O3. The number of benzene rings is 1. The molecule has 8 heteroatoms. The summed E-state index contributed by atoms with van der Waals surface area (Å²) >= 11 is 0. The maximum Gasteiger partial charge on any atom is 0.319 e. The van der Waals surface area contributed by atoms with Gasteiger partial charge in [-0.05, 0) is 30.7 Å². The molecule has 0 bridgehead atoms. The first-order valence-electron chi connectivity index (χ1n) is 8.20. The molecular weight excluding hydrogens is 327 g/mol. The van der Waals surface area contributed by atoms with Crippen molar-refractivity contribution in [3.63, 3.8) is 0 Å². The summed E-state index contributed by atoms with van der Waals surface area (Å²) in [6.07, 6.45) is 1.31. The topological polar surface area (TPSA) is 71.7 Å². The van der Waals surface area contributed by atoms with Crippen molar-refractivity contribution in [1.29, 1.82) is 0 Å². The Labute approximate surface area is 145 Å². The maximum absolute atomic E-state index is 12.8. The van der Waals surface area contributed by atoms with Crippen LogP contribution in [-0.2, 0) is 6.42 Å². The van der Waals surface area contributed by atoms with E-state index in [2.05, 4.69) is 10.1 Å². The second kappa shape index (κ2) is 7.50. The van der Waals surface area contributed by atoms with Crippen molar-refractivity contribution >= 4 is 6.03 Å². The van der Waals surface area contributed by atoms with Crippen LogP contribution in [0.2, 0.25) is 0 Å². The Kier molecular flexibility index (Phi) is 5.16. The number of halogens is 1. The Bertz CT molecular complexity index is 717. The summed E-state index contributed by atoms with van der Waals surface area (Å²) in [4.78, 5) is 19.7. The Morgan fingerprint density at radius 2 is 2.16 bits per heavy atom. The summed E-state index contributed by atoms with van der Waals surface area (Å²) in [5.74, 6) is 1.50. The van der Waals surface area contributed by atoms with E-state index >= 15 is 0 Å². The molecule has 2 aromatic rings. The van der Waals surface area contributed by atoms with Gasteiger partial charge in [0.15, 0.2) is 5.82 Å². The average Bonchev–Trinajstić information content (AvgIpc) is 3.25. The van der Waals surface area contributed by atoms with Gasteiger partial charge in [0.2, 0.25) is 5.89 Å². The zero-order chi connectivity index (χ0) is 17.8. The van der Waals surface area contributed by atoms with Gasteiger partial charge in [0.05, 0.1) is 12.5 Å². The third-order valence-corrected chi connectivity index (χ3v) is 4.08. The van der Waals surface area contributed by atoms with E-state index in [1.165, 1.54) is 12.1 Å². The van der Waals surface area contributed by atoms with Crippen molar-refractivity contribution < 1.29 is 18.4 Å². The zero-order valence-corrected chi connectivity index (χ0v) is 14.3. The van der Waals surface area contributed by atoms with Crippen molar-refractivity contribution in [1.82, 2.24) is 19.9 Å². The van der Waals surface area contributed by atoms with Crippen LogP contribution in [0, 0.1) is 5.82 Å². The lowest BCUT2D eigenvalue weighted by atomic mass is 10.1. The quantitative estimate of drug-likeness (QED) is 0.829. The van der Waals surface area contributed by atoms with E-state index in [1.807, 2.05) is 0 Å². The van der Waals surface area contributed by atoms with Crippen LogP contribution < -0.4 is 4.74 Å². The summed E-state index contributed by atoms with van der Waals surface area (Å²) < 4.78 is 23.7. The molecule has 0 saturated carbocycles. The number of aromatic nitrogens is 2. The molecule has 134 valence electrons. The van der Waals surface area contributed by atoms with E-state index in [0.717, 1.165) is 6.42 Å². The number of rotatable bonds is 5. The maximum atomic E-state index is 12.8. The first-order chi connectivity index (χ1) is 12.0. The molecule has 3 rings (SSSR count). The SMILES string of the molecule is CN(C)C(=O)N1CCC(c2nc(CCOc3ccc(F)cc3)no2)C1. The van der Waals surface area contributed by atoms with Gasteiger partial charge >= 0.3 is 6.03 Å². The minimum atomic E-state index is -0.298. The summed E-state index contributed by atoms with van der Waals surface area (Å²) in [6.45, 7) is 1.65. The first-order valence-corrected chi connectivity index (χ1v) is 8.20. The average molecular weight is 348 g/mol. The summed E-state index contributed by atoms with van der Waals surface area (Å²) in [5, 5.41) is 3.97. The van der Waals surface area contributed by atoms with Gasteiger partial charge in [-0.15, -0.1) is 0 Å². The number of likely N-dealkylation sites (tertiary alicyclic amines) is 1. The number of amides is 2. The van der Waals surface area contributed by atoms with Crippen LogP contribution >= 0.6 is 0 Å². The molecule has 2 heterocycles. The molecule has 1 fully saturated rings. The lowest BCUT2D eigenvalue weighted by Crippen LogP contribution is -2.37. The largest absolute Gasteiger partial charge is 0.493 e. The molecule has 2 amide bonds. The number of urea groups is 1. The van der Waals surface area contributed by atoms with Gasteiger partial charge < -0.3 is 19.1 Å². The molecule has 1 aromatic heterocycles. The number of hydrogen-bond donors (Lipinski definition) is 0. The number of ether oxygens (including phenoxy) is 1. The standard InChI is InChI=1S/C17H21FN4O3/c1-21(2)17(23)22-9-7-12(11-22)16-19-15(20-25-16)8-10-24-14-5-3-13(18)4-6-14/h3-6,12H,7-11H2,1-2H3. The molecule has 1 saturated heterocycles. The van der Waals surface area contributed by atoms with Crippen LogP contribution in [0.25, 0.3) is 0 Å². The Balaban J connectivity index is 1.49. The number of carbonyl (C=O) groups is 1.